The highest BCUT2D eigenvalue weighted by atomic mass is 16.8. The number of nitrogens with one attached hydrogen (secondary N) is 1. The predicted molar refractivity (Wildman–Crippen MR) is 105 cm³/mol. The van der Waals surface area contributed by atoms with E-state index in [2.05, 4.69) is 4.98 Å². The van der Waals surface area contributed by atoms with E-state index in [1.165, 1.54) is 10.8 Å². The number of aryl methyl sites for hydroxylation is 1. The van der Waals surface area contributed by atoms with Gasteiger partial charge in [0.05, 0.1) is 19.3 Å². The zero-order valence-electron chi connectivity index (χ0n) is 16.8. The summed E-state index contributed by atoms with van der Waals surface area (Å²) in [6.07, 6.45) is 0.430. The fourth-order valence-corrected chi connectivity index (χ4v) is 3.78. The summed E-state index contributed by atoms with van der Waals surface area (Å²) in [6.45, 7) is 6.18. The van der Waals surface area contributed by atoms with Gasteiger partial charge in [-0.25, -0.2) is 4.79 Å². The summed E-state index contributed by atoms with van der Waals surface area (Å²) < 4.78 is 25.5. The zero-order chi connectivity index (χ0) is 20.6. The standard InChI is InChI=1S/C21H26N2O6/c1-13-10-23(20(25)22-19(13)24)17-9-15(26-11-14-7-5-4-6-8-14)18(28-17)16-12-27-21(2,3)29-16/h4-8,10,15-18H,9,11-12H2,1-3H3,(H,22,24,25)/t15-,16-,17-,18+/m1/s1. The minimum absolute atomic E-state index is 0.290. The minimum atomic E-state index is -0.693. The fourth-order valence-electron chi connectivity index (χ4n) is 3.78. The third kappa shape index (κ3) is 4.35. The van der Waals surface area contributed by atoms with Crippen molar-refractivity contribution in [3.05, 3.63) is 68.5 Å². The maximum Gasteiger partial charge on any atom is 0.330 e. The van der Waals surface area contributed by atoms with Crippen molar-refractivity contribution in [2.45, 2.75) is 64.1 Å². The first-order chi connectivity index (χ1) is 13.8. The topological polar surface area (TPSA) is 91.8 Å². The number of H-pyrrole nitrogens is 1. The average molecular weight is 402 g/mol. The molecule has 0 saturated carbocycles. The van der Waals surface area contributed by atoms with Crippen molar-refractivity contribution >= 4 is 0 Å². The highest BCUT2D eigenvalue weighted by molar-refractivity contribution is 5.13. The van der Waals surface area contributed by atoms with Crippen LogP contribution in [-0.2, 0) is 25.6 Å². The molecule has 0 radical (unpaired) electrons. The van der Waals surface area contributed by atoms with E-state index in [1.54, 1.807) is 6.92 Å². The van der Waals surface area contributed by atoms with Gasteiger partial charge in [-0.1, -0.05) is 30.3 Å². The van der Waals surface area contributed by atoms with Crippen LogP contribution in [0.4, 0.5) is 0 Å². The molecule has 2 aliphatic rings. The van der Waals surface area contributed by atoms with Crippen LogP contribution in [0.1, 0.15) is 37.6 Å². The molecule has 1 aromatic carbocycles. The van der Waals surface area contributed by atoms with E-state index in [1.807, 2.05) is 44.2 Å². The lowest BCUT2D eigenvalue weighted by Gasteiger charge is -2.25. The molecule has 0 aliphatic carbocycles. The monoisotopic (exact) mass is 402 g/mol. The van der Waals surface area contributed by atoms with Gasteiger partial charge < -0.3 is 18.9 Å². The number of nitrogens with zero attached hydrogens (tertiary/aromatic N) is 1. The van der Waals surface area contributed by atoms with Crippen molar-refractivity contribution in [3.8, 4) is 0 Å². The molecule has 1 N–H and O–H groups in total. The Morgan fingerprint density at radius 2 is 2.00 bits per heavy atom. The van der Waals surface area contributed by atoms with Crippen molar-refractivity contribution < 1.29 is 18.9 Å². The van der Waals surface area contributed by atoms with Gasteiger partial charge in [-0.05, 0) is 26.3 Å². The highest BCUT2D eigenvalue weighted by Gasteiger charge is 2.47. The van der Waals surface area contributed by atoms with E-state index >= 15 is 0 Å². The van der Waals surface area contributed by atoms with E-state index in [-0.39, 0.29) is 12.2 Å². The lowest BCUT2D eigenvalue weighted by molar-refractivity contribution is -0.168. The Balaban J connectivity index is 1.56. The van der Waals surface area contributed by atoms with E-state index in [0.717, 1.165) is 5.56 Å². The van der Waals surface area contributed by atoms with Crippen LogP contribution < -0.4 is 11.2 Å². The second-order valence-electron chi connectivity index (χ2n) is 7.97. The second kappa shape index (κ2) is 7.87. The van der Waals surface area contributed by atoms with E-state index < -0.39 is 29.4 Å². The summed E-state index contributed by atoms with van der Waals surface area (Å²) in [5.41, 5.74) is 0.597. The van der Waals surface area contributed by atoms with Crippen molar-refractivity contribution in [2.75, 3.05) is 6.61 Å². The maximum absolute atomic E-state index is 12.3. The van der Waals surface area contributed by atoms with Crippen LogP contribution in [-0.4, -0.2) is 40.3 Å². The summed E-state index contributed by atoms with van der Waals surface area (Å²) in [5.74, 6) is -0.693. The van der Waals surface area contributed by atoms with Crippen LogP contribution in [0.15, 0.2) is 46.1 Å². The summed E-state index contributed by atoms with van der Waals surface area (Å²) in [7, 11) is 0. The number of hydrogen-bond acceptors (Lipinski definition) is 6. The number of benzene rings is 1. The Morgan fingerprint density at radius 3 is 2.69 bits per heavy atom. The van der Waals surface area contributed by atoms with Gasteiger partial charge in [0.25, 0.3) is 5.56 Å². The molecule has 0 amide bonds. The summed E-state index contributed by atoms with van der Waals surface area (Å²) in [5, 5.41) is 0. The Labute approximate surface area is 168 Å². The van der Waals surface area contributed by atoms with Crippen LogP contribution in [0.25, 0.3) is 0 Å². The molecule has 1 aromatic heterocycles. The van der Waals surface area contributed by atoms with Crippen molar-refractivity contribution in [1.29, 1.82) is 0 Å². The van der Waals surface area contributed by atoms with E-state index in [0.29, 0.717) is 25.2 Å². The first-order valence-corrected chi connectivity index (χ1v) is 9.77. The summed E-state index contributed by atoms with van der Waals surface area (Å²) >= 11 is 0. The van der Waals surface area contributed by atoms with Crippen molar-refractivity contribution in [3.63, 3.8) is 0 Å². The van der Waals surface area contributed by atoms with Gasteiger partial charge in [-0.2, -0.15) is 0 Å². The largest absolute Gasteiger partial charge is 0.371 e. The first-order valence-electron chi connectivity index (χ1n) is 9.77. The third-order valence-electron chi connectivity index (χ3n) is 5.27. The van der Waals surface area contributed by atoms with Gasteiger partial charge in [-0.15, -0.1) is 0 Å². The van der Waals surface area contributed by atoms with Gasteiger partial charge in [0.15, 0.2) is 5.79 Å². The van der Waals surface area contributed by atoms with Crippen LogP contribution in [0.2, 0.25) is 0 Å². The molecule has 156 valence electrons. The molecule has 8 nitrogen and oxygen atoms in total. The molecule has 4 rings (SSSR count). The molecule has 3 heterocycles. The van der Waals surface area contributed by atoms with Gasteiger partial charge >= 0.3 is 5.69 Å². The quantitative estimate of drug-likeness (QED) is 0.821. The Kier molecular flexibility index (Phi) is 5.44. The molecular weight excluding hydrogens is 376 g/mol. The molecule has 2 saturated heterocycles. The molecule has 0 bridgehead atoms. The Morgan fingerprint density at radius 1 is 1.24 bits per heavy atom. The number of aromatic nitrogens is 2. The first kappa shape index (κ1) is 20.0. The summed E-state index contributed by atoms with van der Waals surface area (Å²) in [6, 6.07) is 9.87. The SMILES string of the molecule is Cc1cn([C@H]2C[C@@H](OCc3ccccc3)[C@@H]([C@H]3COC(C)(C)O3)O2)c(=O)[nH]c1=O. The van der Waals surface area contributed by atoms with Gasteiger partial charge in [0.1, 0.15) is 18.4 Å². The van der Waals surface area contributed by atoms with Gasteiger partial charge in [0.2, 0.25) is 0 Å². The van der Waals surface area contributed by atoms with Crippen LogP contribution in [0, 0.1) is 6.92 Å². The van der Waals surface area contributed by atoms with Crippen LogP contribution >= 0.6 is 0 Å². The molecule has 4 atom stereocenters. The molecule has 29 heavy (non-hydrogen) atoms. The number of rotatable bonds is 5. The second-order valence-corrected chi connectivity index (χ2v) is 7.97. The summed E-state index contributed by atoms with van der Waals surface area (Å²) in [4.78, 5) is 26.4. The van der Waals surface area contributed by atoms with Crippen molar-refractivity contribution in [1.82, 2.24) is 9.55 Å². The number of aromatic amines is 1. The lowest BCUT2D eigenvalue weighted by Crippen LogP contribution is -2.39. The normalized spacial score (nSPS) is 28.7. The van der Waals surface area contributed by atoms with Crippen LogP contribution in [0.3, 0.4) is 0 Å². The average Bonchev–Trinajstić information content (AvgIpc) is 3.26. The fraction of sp³-hybridized carbons (Fsp3) is 0.524. The predicted octanol–water partition coefficient (Wildman–Crippen LogP) is 1.87. The third-order valence-corrected chi connectivity index (χ3v) is 5.27. The number of ether oxygens (including phenoxy) is 4. The molecule has 8 heteroatoms. The molecular formula is C21H26N2O6. The van der Waals surface area contributed by atoms with Gasteiger partial charge in [-0.3, -0.25) is 14.3 Å². The molecule has 2 fully saturated rings. The number of hydrogen-bond donors (Lipinski definition) is 1. The van der Waals surface area contributed by atoms with Crippen molar-refractivity contribution in [2.24, 2.45) is 0 Å². The van der Waals surface area contributed by atoms with E-state index in [9.17, 15) is 9.59 Å². The van der Waals surface area contributed by atoms with Gasteiger partial charge in [0, 0.05) is 18.2 Å². The molecule has 2 aromatic rings. The smallest absolute Gasteiger partial charge is 0.330 e. The minimum Gasteiger partial charge on any atom is -0.371 e. The zero-order valence-corrected chi connectivity index (χ0v) is 16.8. The van der Waals surface area contributed by atoms with E-state index in [4.69, 9.17) is 18.9 Å². The lowest BCUT2D eigenvalue weighted by atomic mass is 10.1. The Hall–Kier alpha value is -2.26. The molecule has 0 unspecified atom stereocenters. The molecule has 2 aliphatic heterocycles. The molecule has 0 spiro atoms. The maximum atomic E-state index is 12.3. The highest BCUT2D eigenvalue weighted by Crippen LogP contribution is 2.37. The van der Waals surface area contributed by atoms with Crippen LogP contribution in [0.5, 0.6) is 0 Å². The Bertz CT molecular complexity index is 967.